The molecule has 0 radical (unpaired) electrons. The quantitative estimate of drug-likeness (QED) is 0.836. The molecule has 2 aromatic rings. The Balaban J connectivity index is 2.57. The van der Waals surface area contributed by atoms with E-state index in [1.165, 1.54) is 31.5 Å². The Morgan fingerprint density at radius 1 is 1.31 bits per heavy atom. The zero-order valence-corrected chi connectivity index (χ0v) is 8.53. The standard InChI is InChI=1S/C11H9FN2O2/c1-16-7-2-3-8(10(12)6-7)9-4-5-13-14-11(9)15/h2-6H,1H3,(H,14,15). The second-order valence-electron chi connectivity index (χ2n) is 3.15. The van der Waals surface area contributed by atoms with Crippen molar-refractivity contribution >= 4 is 0 Å². The van der Waals surface area contributed by atoms with Crippen LogP contribution in [-0.2, 0) is 0 Å². The molecule has 0 bridgehead atoms. The summed E-state index contributed by atoms with van der Waals surface area (Å²) >= 11 is 0. The lowest BCUT2D eigenvalue weighted by molar-refractivity contribution is 0.411. The molecular weight excluding hydrogens is 211 g/mol. The maximum Gasteiger partial charge on any atom is 0.272 e. The van der Waals surface area contributed by atoms with Gasteiger partial charge in [-0.15, -0.1) is 0 Å². The summed E-state index contributed by atoms with van der Waals surface area (Å²) in [4.78, 5) is 11.4. The number of rotatable bonds is 2. The Hall–Kier alpha value is -2.17. The molecule has 1 aromatic carbocycles. The minimum absolute atomic E-state index is 0.226. The average molecular weight is 220 g/mol. The Morgan fingerprint density at radius 3 is 2.75 bits per heavy atom. The van der Waals surface area contributed by atoms with Gasteiger partial charge in [-0.3, -0.25) is 4.79 Å². The van der Waals surface area contributed by atoms with E-state index in [9.17, 15) is 9.18 Å². The highest BCUT2D eigenvalue weighted by atomic mass is 19.1. The van der Waals surface area contributed by atoms with E-state index in [1.54, 1.807) is 6.07 Å². The van der Waals surface area contributed by atoms with Crippen LogP contribution < -0.4 is 10.3 Å². The van der Waals surface area contributed by atoms with Crippen molar-refractivity contribution in [1.29, 1.82) is 0 Å². The first-order valence-corrected chi connectivity index (χ1v) is 4.60. The number of H-pyrrole nitrogens is 1. The third kappa shape index (κ3) is 1.79. The molecule has 0 fully saturated rings. The average Bonchev–Trinajstić information content (AvgIpc) is 2.30. The van der Waals surface area contributed by atoms with Gasteiger partial charge < -0.3 is 4.74 Å². The topological polar surface area (TPSA) is 55.0 Å². The van der Waals surface area contributed by atoms with Gasteiger partial charge >= 0.3 is 0 Å². The van der Waals surface area contributed by atoms with Gasteiger partial charge in [-0.1, -0.05) is 0 Å². The summed E-state index contributed by atoms with van der Waals surface area (Å²) in [7, 11) is 1.45. The van der Waals surface area contributed by atoms with Crippen molar-refractivity contribution in [3.05, 3.63) is 46.6 Å². The highest BCUT2D eigenvalue weighted by Gasteiger charge is 2.09. The summed E-state index contributed by atoms with van der Waals surface area (Å²) < 4.78 is 18.5. The molecule has 16 heavy (non-hydrogen) atoms. The molecule has 2 rings (SSSR count). The second-order valence-corrected chi connectivity index (χ2v) is 3.15. The summed E-state index contributed by atoms with van der Waals surface area (Å²) in [5, 5.41) is 5.80. The molecule has 5 heteroatoms. The summed E-state index contributed by atoms with van der Waals surface area (Å²) in [6.07, 6.45) is 1.40. The van der Waals surface area contributed by atoms with Gasteiger partial charge in [-0.2, -0.15) is 5.10 Å². The first-order valence-electron chi connectivity index (χ1n) is 4.60. The number of hydrogen-bond donors (Lipinski definition) is 1. The predicted octanol–water partition coefficient (Wildman–Crippen LogP) is 1.58. The maximum atomic E-state index is 13.6. The van der Waals surface area contributed by atoms with E-state index in [-0.39, 0.29) is 11.1 Å². The van der Waals surface area contributed by atoms with Crippen LogP contribution in [0.2, 0.25) is 0 Å². The van der Waals surface area contributed by atoms with Crippen LogP contribution >= 0.6 is 0 Å². The molecule has 0 amide bonds. The number of halogens is 1. The van der Waals surface area contributed by atoms with Crippen molar-refractivity contribution in [3.8, 4) is 16.9 Å². The Bertz CT molecular complexity index is 566. The van der Waals surface area contributed by atoms with E-state index in [0.29, 0.717) is 5.75 Å². The summed E-state index contributed by atoms with van der Waals surface area (Å²) in [6, 6.07) is 5.79. The van der Waals surface area contributed by atoms with Crippen LogP contribution in [0.5, 0.6) is 5.75 Å². The molecule has 0 saturated heterocycles. The predicted molar refractivity (Wildman–Crippen MR) is 56.8 cm³/mol. The van der Waals surface area contributed by atoms with Crippen LogP contribution in [0, 0.1) is 5.82 Å². The van der Waals surface area contributed by atoms with Gasteiger partial charge in [-0.25, -0.2) is 9.49 Å². The molecule has 1 N–H and O–H groups in total. The first kappa shape index (κ1) is 10.4. The van der Waals surface area contributed by atoms with E-state index in [1.807, 2.05) is 0 Å². The first-order chi connectivity index (χ1) is 7.72. The Labute approximate surface area is 90.7 Å². The molecule has 0 spiro atoms. The van der Waals surface area contributed by atoms with Gasteiger partial charge in [0, 0.05) is 17.8 Å². The summed E-state index contributed by atoms with van der Waals surface area (Å²) in [5.41, 5.74) is 0.0474. The lowest BCUT2D eigenvalue weighted by atomic mass is 10.1. The molecule has 1 aromatic heterocycles. The number of ether oxygens (including phenoxy) is 1. The van der Waals surface area contributed by atoms with Crippen LogP contribution in [-0.4, -0.2) is 17.3 Å². The largest absolute Gasteiger partial charge is 0.497 e. The zero-order chi connectivity index (χ0) is 11.5. The fourth-order valence-electron chi connectivity index (χ4n) is 1.40. The normalized spacial score (nSPS) is 10.1. The van der Waals surface area contributed by atoms with Crippen molar-refractivity contribution in [2.24, 2.45) is 0 Å². The summed E-state index contributed by atoms with van der Waals surface area (Å²) in [6.45, 7) is 0. The molecule has 0 saturated carbocycles. The second kappa shape index (κ2) is 4.14. The fraction of sp³-hybridized carbons (Fsp3) is 0.0909. The van der Waals surface area contributed by atoms with E-state index in [0.717, 1.165) is 0 Å². The number of nitrogens with zero attached hydrogens (tertiary/aromatic N) is 1. The molecule has 0 unspecified atom stereocenters. The van der Waals surface area contributed by atoms with E-state index < -0.39 is 11.4 Å². The SMILES string of the molecule is COc1ccc(-c2ccn[nH]c2=O)c(F)c1. The number of nitrogens with one attached hydrogen (secondary N) is 1. The van der Waals surface area contributed by atoms with Gasteiger partial charge in [0.15, 0.2) is 0 Å². The summed E-state index contributed by atoms with van der Waals surface area (Å²) in [5.74, 6) is -0.0946. The van der Waals surface area contributed by atoms with Gasteiger partial charge in [0.25, 0.3) is 5.56 Å². The van der Waals surface area contributed by atoms with Crippen molar-refractivity contribution in [2.75, 3.05) is 7.11 Å². The number of hydrogen-bond acceptors (Lipinski definition) is 3. The smallest absolute Gasteiger partial charge is 0.272 e. The van der Waals surface area contributed by atoms with Gasteiger partial charge in [-0.05, 0) is 18.2 Å². The van der Waals surface area contributed by atoms with Crippen molar-refractivity contribution in [1.82, 2.24) is 10.2 Å². The maximum absolute atomic E-state index is 13.6. The molecule has 82 valence electrons. The minimum Gasteiger partial charge on any atom is -0.497 e. The monoisotopic (exact) mass is 220 g/mol. The molecule has 0 atom stereocenters. The molecule has 4 nitrogen and oxygen atoms in total. The highest BCUT2D eigenvalue weighted by molar-refractivity contribution is 5.63. The molecule has 1 heterocycles. The minimum atomic E-state index is -0.504. The van der Waals surface area contributed by atoms with Crippen LogP contribution in [0.25, 0.3) is 11.1 Å². The van der Waals surface area contributed by atoms with Gasteiger partial charge in [0.05, 0.1) is 12.7 Å². The van der Waals surface area contributed by atoms with Crippen molar-refractivity contribution < 1.29 is 9.13 Å². The van der Waals surface area contributed by atoms with E-state index in [2.05, 4.69) is 10.2 Å². The number of benzene rings is 1. The fourth-order valence-corrected chi connectivity index (χ4v) is 1.40. The lowest BCUT2D eigenvalue weighted by Gasteiger charge is -2.04. The van der Waals surface area contributed by atoms with E-state index in [4.69, 9.17) is 4.74 Å². The van der Waals surface area contributed by atoms with Crippen LogP contribution in [0.1, 0.15) is 0 Å². The number of aromatic amines is 1. The lowest BCUT2D eigenvalue weighted by Crippen LogP contribution is -2.10. The van der Waals surface area contributed by atoms with Crippen LogP contribution in [0.3, 0.4) is 0 Å². The Kier molecular flexibility index (Phi) is 2.68. The molecule has 0 aliphatic carbocycles. The Morgan fingerprint density at radius 2 is 2.12 bits per heavy atom. The third-order valence-electron chi connectivity index (χ3n) is 2.19. The molecule has 0 aliphatic heterocycles. The van der Waals surface area contributed by atoms with Gasteiger partial charge in [0.2, 0.25) is 0 Å². The highest BCUT2D eigenvalue weighted by Crippen LogP contribution is 2.23. The van der Waals surface area contributed by atoms with Crippen LogP contribution in [0.15, 0.2) is 35.3 Å². The number of aromatic nitrogens is 2. The van der Waals surface area contributed by atoms with Crippen molar-refractivity contribution in [3.63, 3.8) is 0 Å². The van der Waals surface area contributed by atoms with Crippen LogP contribution in [0.4, 0.5) is 4.39 Å². The van der Waals surface area contributed by atoms with Crippen molar-refractivity contribution in [2.45, 2.75) is 0 Å². The molecule has 0 aliphatic rings. The third-order valence-corrected chi connectivity index (χ3v) is 2.19. The number of methoxy groups -OCH3 is 1. The molecular formula is C11H9FN2O2. The van der Waals surface area contributed by atoms with E-state index >= 15 is 0 Å². The van der Waals surface area contributed by atoms with Gasteiger partial charge in [0.1, 0.15) is 11.6 Å². The zero-order valence-electron chi connectivity index (χ0n) is 8.53.